The number of amides is 2. The first-order valence-electron chi connectivity index (χ1n) is 8.38. The molecule has 0 fully saturated rings. The third-order valence-corrected chi connectivity index (χ3v) is 4.34. The van der Waals surface area contributed by atoms with Gasteiger partial charge in [0.05, 0.1) is 6.61 Å². The highest BCUT2D eigenvalue weighted by molar-refractivity contribution is 5.74. The van der Waals surface area contributed by atoms with Gasteiger partial charge in [-0.15, -0.1) is 0 Å². The Kier molecular flexibility index (Phi) is 6.82. The number of urea groups is 1. The van der Waals surface area contributed by atoms with Crippen molar-refractivity contribution >= 4 is 6.03 Å². The molecule has 0 spiro atoms. The fourth-order valence-corrected chi connectivity index (χ4v) is 2.56. The largest absolute Gasteiger partial charge is 0.392 e. The maximum Gasteiger partial charge on any atom is 0.315 e. The Labute approximate surface area is 143 Å². The molecule has 0 saturated carbocycles. The second-order valence-electron chi connectivity index (χ2n) is 6.11. The summed E-state index contributed by atoms with van der Waals surface area (Å²) < 4.78 is 0. The van der Waals surface area contributed by atoms with Crippen LogP contribution in [-0.2, 0) is 13.0 Å². The van der Waals surface area contributed by atoms with Crippen molar-refractivity contribution in [3.63, 3.8) is 0 Å². The van der Waals surface area contributed by atoms with Crippen molar-refractivity contribution in [1.29, 1.82) is 0 Å². The Hall–Kier alpha value is -2.33. The molecule has 0 aliphatic rings. The molecular weight excluding hydrogens is 300 g/mol. The second kappa shape index (κ2) is 9.08. The molecule has 128 valence electrons. The van der Waals surface area contributed by atoms with Crippen molar-refractivity contribution in [1.82, 2.24) is 10.6 Å². The van der Waals surface area contributed by atoms with Crippen LogP contribution < -0.4 is 10.6 Å². The van der Waals surface area contributed by atoms with E-state index in [1.807, 2.05) is 49.4 Å². The summed E-state index contributed by atoms with van der Waals surface area (Å²) in [6.45, 7) is 4.77. The number of carbonyl (C=O) groups is 1. The lowest BCUT2D eigenvalue weighted by molar-refractivity contribution is 0.236. The third-order valence-electron chi connectivity index (χ3n) is 4.34. The highest BCUT2D eigenvalue weighted by Crippen LogP contribution is 2.18. The molecule has 0 aromatic heterocycles. The van der Waals surface area contributed by atoms with Gasteiger partial charge >= 0.3 is 6.03 Å². The van der Waals surface area contributed by atoms with Gasteiger partial charge in [0.2, 0.25) is 0 Å². The zero-order valence-corrected chi connectivity index (χ0v) is 14.3. The van der Waals surface area contributed by atoms with Gasteiger partial charge in [-0.25, -0.2) is 4.79 Å². The van der Waals surface area contributed by atoms with E-state index in [2.05, 4.69) is 29.7 Å². The number of aliphatic hydroxyl groups excluding tert-OH is 1. The van der Waals surface area contributed by atoms with Crippen molar-refractivity contribution in [3.05, 3.63) is 71.3 Å². The quantitative estimate of drug-likeness (QED) is 0.731. The van der Waals surface area contributed by atoms with Gasteiger partial charge < -0.3 is 15.7 Å². The van der Waals surface area contributed by atoms with Crippen LogP contribution in [0.2, 0.25) is 0 Å². The lowest BCUT2D eigenvalue weighted by Crippen LogP contribution is -2.43. The van der Waals surface area contributed by atoms with Crippen LogP contribution in [0.15, 0.2) is 54.6 Å². The van der Waals surface area contributed by atoms with E-state index in [-0.39, 0.29) is 24.6 Å². The predicted octanol–water partition coefficient (Wildman–Crippen LogP) is 3.21. The molecule has 0 aliphatic carbocycles. The van der Waals surface area contributed by atoms with E-state index in [0.29, 0.717) is 6.54 Å². The van der Waals surface area contributed by atoms with Gasteiger partial charge in [0.25, 0.3) is 0 Å². The molecule has 2 aromatic carbocycles. The molecule has 0 bridgehead atoms. The number of hydrogen-bond donors (Lipinski definition) is 3. The minimum absolute atomic E-state index is 0.0521. The summed E-state index contributed by atoms with van der Waals surface area (Å²) in [5, 5.41) is 14.9. The highest BCUT2D eigenvalue weighted by atomic mass is 16.3. The SMILES string of the molecule is CC(NC(=O)NCCc1ccc(CO)cc1)C(C)c1ccccc1. The fraction of sp³-hybridized carbons (Fsp3) is 0.350. The highest BCUT2D eigenvalue weighted by Gasteiger charge is 2.15. The molecule has 0 aliphatic heterocycles. The summed E-state index contributed by atoms with van der Waals surface area (Å²) in [5.74, 6) is 0.253. The van der Waals surface area contributed by atoms with Crippen LogP contribution in [0.5, 0.6) is 0 Å². The maximum absolute atomic E-state index is 12.0. The Morgan fingerprint density at radius 1 is 1.00 bits per heavy atom. The predicted molar refractivity (Wildman–Crippen MR) is 96.9 cm³/mol. The van der Waals surface area contributed by atoms with Gasteiger partial charge in [0.15, 0.2) is 0 Å². The van der Waals surface area contributed by atoms with Crippen molar-refractivity contribution in [3.8, 4) is 0 Å². The average molecular weight is 326 g/mol. The molecule has 2 atom stereocenters. The topological polar surface area (TPSA) is 61.4 Å². The molecule has 3 N–H and O–H groups in total. The van der Waals surface area contributed by atoms with Gasteiger partial charge in [-0.1, -0.05) is 61.5 Å². The van der Waals surface area contributed by atoms with Gasteiger partial charge in [-0.3, -0.25) is 0 Å². The summed E-state index contributed by atoms with van der Waals surface area (Å²) in [6.07, 6.45) is 0.766. The van der Waals surface area contributed by atoms with Crippen LogP contribution in [0.25, 0.3) is 0 Å². The minimum atomic E-state index is -0.141. The molecule has 0 saturated heterocycles. The molecule has 2 amide bonds. The van der Waals surface area contributed by atoms with E-state index in [1.54, 1.807) is 0 Å². The first-order chi connectivity index (χ1) is 11.6. The van der Waals surface area contributed by atoms with Crippen LogP contribution in [0.3, 0.4) is 0 Å². The molecule has 0 heterocycles. The van der Waals surface area contributed by atoms with E-state index in [9.17, 15) is 4.79 Å². The average Bonchev–Trinajstić information content (AvgIpc) is 2.62. The van der Waals surface area contributed by atoms with Gasteiger partial charge in [-0.05, 0) is 30.0 Å². The van der Waals surface area contributed by atoms with Crippen molar-refractivity contribution in [2.24, 2.45) is 0 Å². The van der Waals surface area contributed by atoms with Crippen LogP contribution in [-0.4, -0.2) is 23.7 Å². The Balaban J connectivity index is 1.74. The van der Waals surface area contributed by atoms with E-state index >= 15 is 0 Å². The van der Waals surface area contributed by atoms with Crippen LogP contribution >= 0.6 is 0 Å². The number of carbonyl (C=O) groups excluding carboxylic acids is 1. The summed E-state index contributed by atoms with van der Waals surface area (Å²) in [5.41, 5.74) is 3.25. The van der Waals surface area contributed by atoms with Crippen molar-refractivity contribution < 1.29 is 9.90 Å². The van der Waals surface area contributed by atoms with Gasteiger partial charge in [-0.2, -0.15) is 0 Å². The monoisotopic (exact) mass is 326 g/mol. The summed E-state index contributed by atoms with van der Waals surface area (Å²) in [4.78, 5) is 12.0. The van der Waals surface area contributed by atoms with E-state index < -0.39 is 0 Å². The number of hydrogen-bond acceptors (Lipinski definition) is 2. The normalized spacial score (nSPS) is 13.1. The Bertz CT molecular complexity index is 626. The molecule has 24 heavy (non-hydrogen) atoms. The second-order valence-corrected chi connectivity index (χ2v) is 6.11. The fourth-order valence-electron chi connectivity index (χ4n) is 2.56. The zero-order chi connectivity index (χ0) is 17.4. The van der Waals surface area contributed by atoms with Crippen molar-refractivity contribution in [2.45, 2.75) is 38.8 Å². The number of benzene rings is 2. The minimum Gasteiger partial charge on any atom is -0.392 e. The molecule has 4 heteroatoms. The van der Waals surface area contributed by atoms with Crippen LogP contribution in [0, 0.1) is 0 Å². The van der Waals surface area contributed by atoms with Crippen LogP contribution in [0.1, 0.15) is 36.5 Å². The molecule has 2 unspecified atom stereocenters. The molecule has 4 nitrogen and oxygen atoms in total. The lowest BCUT2D eigenvalue weighted by atomic mass is 9.95. The third kappa shape index (κ3) is 5.39. The Morgan fingerprint density at radius 2 is 1.62 bits per heavy atom. The molecule has 2 aromatic rings. The molecule has 2 rings (SSSR count). The number of nitrogens with one attached hydrogen (secondary N) is 2. The molecular formula is C20H26N2O2. The standard InChI is InChI=1S/C20H26N2O2/c1-15(19-6-4-3-5-7-19)16(2)22-20(24)21-13-12-17-8-10-18(14-23)11-9-17/h3-11,15-16,23H,12-14H2,1-2H3,(H2,21,22,24). The van der Waals surface area contributed by atoms with E-state index in [0.717, 1.165) is 17.5 Å². The summed E-state index contributed by atoms with van der Waals surface area (Å²) >= 11 is 0. The number of aliphatic hydroxyl groups is 1. The van der Waals surface area contributed by atoms with Gasteiger partial charge in [0, 0.05) is 18.5 Å². The number of rotatable bonds is 7. The van der Waals surface area contributed by atoms with Crippen LogP contribution in [0.4, 0.5) is 4.79 Å². The molecule has 0 radical (unpaired) electrons. The van der Waals surface area contributed by atoms with Crippen molar-refractivity contribution in [2.75, 3.05) is 6.54 Å². The van der Waals surface area contributed by atoms with E-state index in [1.165, 1.54) is 5.56 Å². The summed E-state index contributed by atoms with van der Waals surface area (Å²) in [6, 6.07) is 17.9. The van der Waals surface area contributed by atoms with E-state index in [4.69, 9.17) is 5.11 Å². The smallest absolute Gasteiger partial charge is 0.315 e. The zero-order valence-electron chi connectivity index (χ0n) is 14.3. The first kappa shape index (κ1) is 18.0. The first-order valence-corrected chi connectivity index (χ1v) is 8.38. The maximum atomic E-state index is 12.0. The summed E-state index contributed by atoms with van der Waals surface area (Å²) in [7, 11) is 0. The van der Waals surface area contributed by atoms with Gasteiger partial charge in [0.1, 0.15) is 0 Å². The lowest BCUT2D eigenvalue weighted by Gasteiger charge is -2.22. The Morgan fingerprint density at radius 3 is 2.25 bits per heavy atom.